The average molecular weight is 296 g/mol. The number of rotatable bonds is 6. The number of amides is 2. The zero-order chi connectivity index (χ0) is 15.2. The molecule has 7 nitrogen and oxygen atoms in total. The fourth-order valence-corrected chi connectivity index (χ4v) is 2.01. The normalized spacial score (nSPS) is 13.9. The molecule has 0 spiro atoms. The van der Waals surface area contributed by atoms with E-state index in [1.165, 1.54) is 12.0 Å². The molecule has 7 heteroatoms. The molecule has 0 radical (unpaired) electrons. The van der Waals surface area contributed by atoms with Crippen molar-refractivity contribution in [3.8, 4) is 11.5 Å². The van der Waals surface area contributed by atoms with Crippen molar-refractivity contribution in [2.75, 3.05) is 34.1 Å². The van der Waals surface area contributed by atoms with Gasteiger partial charge >= 0.3 is 6.03 Å². The standard InChI is InChI=1S/C14H20N2O5/c1-16(7-11(17)8-19-2)14(18)15-6-10-3-4-12-13(5-10)21-9-20-12/h3-5,11,17H,6-9H2,1-2H3,(H,15,18)/t11-/m0/s1. The molecule has 21 heavy (non-hydrogen) atoms. The molecule has 2 N–H and O–H groups in total. The molecule has 1 aliphatic rings. The largest absolute Gasteiger partial charge is 0.454 e. The molecule has 1 atom stereocenters. The van der Waals surface area contributed by atoms with Crippen molar-refractivity contribution >= 4 is 6.03 Å². The minimum atomic E-state index is -0.698. The fraction of sp³-hybridized carbons (Fsp3) is 0.500. The number of fused-ring (bicyclic) bond motifs is 1. The molecule has 2 amide bonds. The van der Waals surface area contributed by atoms with Gasteiger partial charge in [0.25, 0.3) is 0 Å². The van der Waals surface area contributed by atoms with E-state index >= 15 is 0 Å². The second-order valence-corrected chi connectivity index (χ2v) is 4.84. The van der Waals surface area contributed by atoms with E-state index in [0.29, 0.717) is 18.0 Å². The quantitative estimate of drug-likeness (QED) is 0.802. The summed E-state index contributed by atoms with van der Waals surface area (Å²) in [5, 5.41) is 12.4. The van der Waals surface area contributed by atoms with Gasteiger partial charge in [-0.05, 0) is 17.7 Å². The predicted molar refractivity (Wildman–Crippen MR) is 75.3 cm³/mol. The SMILES string of the molecule is COC[C@@H](O)CN(C)C(=O)NCc1ccc2c(c1)OCO2. The number of nitrogens with one attached hydrogen (secondary N) is 1. The third-order valence-corrected chi connectivity index (χ3v) is 3.07. The Labute approximate surface area is 123 Å². The van der Waals surface area contributed by atoms with Crippen LogP contribution in [-0.2, 0) is 11.3 Å². The van der Waals surface area contributed by atoms with Gasteiger partial charge in [-0.3, -0.25) is 0 Å². The van der Waals surface area contributed by atoms with Crippen LogP contribution in [0.1, 0.15) is 5.56 Å². The Bertz CT molecular complexity index is 494. The van der Waals surface area contributed by atoms with Gasteiger partial charge in [0.2, 0.25) is 6.79 Å². The summed E-state index contributed by atoms with van der Waals surface area (Å²) in [6, 6.07) is 5.26. The summed E-state index contributed by atoms with van der Waals surface area (Å²) < 4.78 is 15.3. The number of aliphatic hydroxyl groups is 1. The summed E-state index contributed by atoms with van der Waals surface area (Å²) in [6.07, 6.45) is -0.698. The summed E-state index contributed by atoms with van der Waals surface area (Å²) in [4.78, 5) is 13.3. The van der Waals surface area contributed by atoms with Gasteiger partial charge in [0.15, 0.2) is 11.5 Å². The minimum Gasteiger partial charge on any atom is -0.454 e. The minimum absolute atomic E-state index is 0.194. The number of likely N-dealkylation sites (N-methyl/N-ethyl adjacent to an activating group) is 1. The molecule has 0 fully saturated rings. The van der Waals surface area contributed by atoms with Crippen LogP contribution < -0.4 is 14.8 Å². The summed E-state index contributed by atoms with van der Waals surface area (Å²) in [6.45, 7) is 1.01. The monoisotopic (exact) mass is 296 g/mol. The van der Waals surface area contributed by atoms with Crippen molar-refractivity contribution in [1.82, 2.24) is 10.2 Å². The van der Waals surface area contributed by atoms with Gasteiger partial charge in [0.1, 0.15) is 0 Å². The molecule has 1 heterocycles. The van der Waals surface area contributed by atoms with Gasteiger partial charge in [-0.1, -0.05) is 6.07 Å². The number of carbonyl (C=O) groups excluding carboxylic acids is 1. The van der Waals surface area contributed by atoms with Crippen LogP contribution in [0.4, 0.5) is 4.79 Å². The zero-order valence-electron chi connectivity index (χ0n) is 12.2. The molecule has 2 rings (SSSR count). The summed E-state index contributed by atoms with van der Waals surface area (Å²) in [5.41, 5.74) is 0.915. The number of hydrogen-bond donors (Lipinski definition) is 2. The summed E-state index contributed by atoms with van der Waals surface area (Å²) >= 11 is 0. The first-order valence-electron chi connectivity index (χ1n) is 6.64. The lowest BCUT2D eigenvalue weighted by Crippen LogP contribution is -2.42. The third-order valence-electron chi connectivity index (χ3n) is 3.07. The van der Waals surface area contributed by atoms with Crippen LogP contribution in [0.5, 0.6) is 11.5 Å². The first-order valence-corrected chi connectivity index (χ1v) is 6.64. The average Bonchev–Trinajstić information content (AvgIpc) is 2.92. The van der Waals surface area contributed by atoms with Crippen LogP contribution >= 0.6 is 0 Å². The number of urea groups is 1. The number of ether oxygens (including phenoxy) is 3. The Morgan fingerprint density at radius 1 is 1.48 bits per heavy atom. The van der Waals surface area contributed by atoms with Gasteiger partial charge in [0, 0.05) is 20.7 Å². The topological polar surface area (TPSA) is 80.3 Å². The van der Waals surface area contributed by atoms with Crippen LogP contribution in [0, 0.1) is 0 Å². The molecule has 0 aliphatic carbocycles. The lowest BCUT2D eigenvalue weighted by Gasteiger charge is -2.21. The van der Waals surface area contributed by atoms with Gasteiger partial charge in [-0.15, -0.1) is 0 Å². The lowest BCUT2D eigenvalue weighted by molar-refractivity contribution is 0.0489. The predicted octanol–water partition coefficient (Wildman–Crippen LogP) is 0.564. The molecule has 0 saturated carbocycles. The van der Waals surface area contributed by atoms with E-state index < -0.39 is 6.10 Å². The molecular weight excluding hydrogens is 276 g/mol. The maximum atomic E-state index is 11.9. The molecule has 0 unspecified atom stereocenters. The summed E-state index contributed by atoms with van der Waals surface area (Å²) in [5.74, 6) is 1.40. The van der Waals surface area contributed by atoms with Gasteiger partial charge < -0.3 is 29.5 Å². The van der Waals surface area contributed by atoms with Gasteiger partial charge in [-0.25, -0.2) is 4.79 Å². The molecule has 1 aromatic carbocycles. The van der Waals surface area contributed by atoms with Crippen LogP contribution in [-0.4, -0.2) is 56.2 Å². The van der Waals surface area contributed by atoms with E-state index in [1.807, 2.05) is 18.2 Å². The maximum absolute atomic E-state index is 11.9. The first-order chi connectivity index (χ1) is 10.1. The number of hydrogen-bond acceptors (Lipinski definition) is 5. The lowest BCUT2D eigenvalue weighted by atomic mass is 10.2. The Kier molecular flexibility index (Phi) is 5.24. The molecule has 1 aliphatic heterocycles. The van der Waals surface area contributed by atoms with Crippen LogP contribution in [0.25, 0.3) is 0 Å². The number of carbonyl (C=O) groups is 1. The highest BCUT2D eigenvalue weighted by Crippen LogP contribution is 2.32. The fourth-order valence-electron chi connectivity index (χ4n) is 2.01. The zero-order valence-corrected chi connectivity index (χ0v) is 12.2. The van der Waals surface area contributed by atoms with Crippen LogP contribution in [0.2, 0.25) is 0 Å². The highest BCUT2D eigenvalue weighted by molar-refractivity contribution is 5.73. The van der Waals surface area contributed by atoms with Crippen LogP contribution in [0.3, 0.4) is 0 Å². The smallest absolute Gasteiger partial charge is 0.317 e. The van der Waals surface area contributed by atoms with Crippen molar-refractivity contribution in [3.63, 3.8) is 0 Å². The molecule has 0 saturated heterocycles. The molecule has 116 valence electrons. The van der Waals surface area contributed by atoms with Crippen molar-refractivity contribution in [3.05, 3.63) is 23.8 Å². The van der Waals surface area contributed by atoms with E-state index in [1.54, 1.807) is 7.05 Å². The third kappa shape index (κ3) is 4.24. The molecule has 1 aromatic rings. The Morgan fingerprint density at radius 3 is 3.00 bits per heavy atom. The van der Waals surface area contributed by atoms with Crippen LogP contribution in [0.15, 0.2) is 18.2 Å². The van der Waals surface area contributed by atoms with E-state index in [4.69, 9.17) is 14.2 Å². The first kappa shape index (κ1) is 15.4. The summed E-state index contributed by atoms with van der Waals surface area (Å²) in [7, 11) is 3.12. The van der Waals surface area contributed by atoms with E-state index in [0.717, 1.165) is 5.56 Å². The Morgan fingerprint density at radius 2 is 2.24 bits per heavy atom. The second-order valence-electron chi connectivity index (χ2n) is 4.84. The highest BCUT2D eigenvalue weighted by Gasteiger charge is 2.15. The van der Waals surface area contributed by atoms with E-state index in [-0.39, 0.29) is 26.0 Å². The number of aliphatic hydroxyl groups excluding tert-OH is 1. The Balaban J connectivity index is 1.80. The second kappa shape index (κ2) is 7.14. The molecular formula is C14H20N2O5. The van der Waals surface area contributed by atoms with Crippen molar-refractivity contribution in [1.29, 1.82) is 0 Å². The van der Waals surface area contributed by atoms with Gasteiger partial charge in [0.05, 0.1) is 19.3 Å². The highest BCUT2D eigenvalue weighted by atomic mass is 16.7. The Hall–Kier alpha value is -1.99. The van der Waals surface area contributed by atoms with Gasteiger partial charge in [-0.2, -0.15) is 0 Å². The molecule has 0 bridgehead atoms. The maximum Gasteiger partial charge on any atom is 0.317 e. The number of nitrogens with zero attached hydrogens (tertiary/aromatic N) is 1. The van der Waals surface area contributed by atoms with Crippen molar-refractivity contribution in [2.45, 2.75) is 12.6 Å². The number of benzene rings is 1. The van der Waals surface area contributed by atoms with E-state index in [2.05, 4.69) is 5.32 Å². The molecule has 0 aromatic heterocycles. The number of methoxy groups -OCH3 is 1. The van der Waals surface area contributed by atoms with E-state index in [9.17, 15) is 9.90 Å². The van der Waals surface area contributed by atoms with Crippen molar-refractivity contribution in [2.24, 2.45) is 0 Å². The van der Waals surface area contributed by atoms with Crippen molar-refractivity contribution < 1.29 is 24.1 Å².